The molecule has 0 spiro atoms. The van der Waals surface area contributed by atoms with Gasteiger partial charge in [0.1, 0.15) is 30.8 Å². The molecule has 0 fully saturated rings. The van der Waals surface area contributed by atoms with Crippen LogP contribution in [0.2, 0.25) is 0 Å². The lowest BCUT2D eigenvalue weighted by Crippen LogP contribution is -2.12. The normalized spacial score (nSPS) is 10.6. The first kappa shape index (κ1) is 19.3. The van der Waals surface area contributed by atoms with Crippen LogP contribution in [-0.4, -0.2) is 20.7 Å². The Morgan fingerprint density at radius 1 is 1.00 bits per heavy atom. The molecule has 6 nitrogen and oxygen atoms in total. The lowest BCUT2D eigenvalue weighted by atomic mass is 10.1. The molecule has 150 valence electrons. The first-order valence-electron chi connectivity index (χ1n) is 9.36. The summed E-state index contributed by atoms with van der Waals surface area (Å²) < 4.78 is 20.4. The quantitative estimate of drug-likeness (QED) is 0.501. The number of halogens is 1. The van der Waals surface area contributed by atoms with Gasteiger partial charge in [-0.15, -0.1) is 0 Å². The van der Waals surface area contributed by atoms with E-state index in [9.17, 15) is 9.18 Å². The summed E-state index contributed by atoms with van der Waals surface area (Å²) in [5.41, 5.74) is 3.06. The van der Waals surface area contributed by atoms with Gasteiger partial charge in [-0.05, 0) is 47.5 Å². The van der Waals surface area contributed by atoms with Gasteiger partial charge in [-0.2, -0.15) is 5.10 Å². The topological polar surface area (TPSA) is 69.0 Å². The van der Waals surface area contributed by atoms with Crippen LogP contribution in [0, 0.1) is 5.82 Å². The number of aromatic nitrogens is 3. The van der Waals surface area contributed by atoms with Gasteiger partial charge in [-0.25, -0.2) is 14.1 Å². The van der Waals surface area contributed by atoms with Crippen LogP contribution in [0.25, 0.3) is 0 Å². The molecule has 4 aromatic rings. The fourth-order valence-corrected chi connectivity index (χ4v) is 2.88. The third-order valence-corrected chi connectivity index (χ3v) is 4.44. The van der Waals surface area contributed by atoms with Gasteiger partial charge >= 0.3 is 0 Å². The SMILES string of the molecule is O=C(Nc1cccc(OCc2ccc(F)cc2)c1)c1ccc(Cn2cncn2)cc1. The average molecular weight is 402 g/mol. The number of carbonyl (C=O) groups excluding carboxylic acids is 1. The maximum Gasteiger partial charge on any atom is 0.255 e. The van der Waals surface area contributed by atoms with Crippen LogP contribution in [0.5, 0.6) is 5.75 Å². The molecule has 0 bridgehead atoms. The summed E-state index contributed by atoms with van der Waals surface area (Å²) in [6, 6.07) is 20.6. The summed E-state index contributed by atoms with van der Waals surface area (Å²) in [6.45, 7) is 0.903. The van der Waals surface area contributed by atoms with E-state index in [4.69, 9.17) is 4.74 Å². The Hall–Kier alpha value is -4.00. The van der Waals surface area contributed by atoms with Gasteiger partial charge in [0.25, 0.3) is 5.91 Å². The molecule has 0 aliphatic heterocycles. The summed E-state index contributed by atoms with van der Waals surface area (Å²) >= 11 is 0. The Morgan fingerprint density at radius 2 is 1.77 bits per heavy atom. The molecule has 0 aliphatic carbocycles. The van der Waals surface area contributed by atoms with Crippen molar-refractivity contribution in [3.63, 3.8) is 0 Å². The molecule has 4 rings (SSSR count). The van der Waals surface area contributed by atoms with Crippen molar-refractivity contribution >= 4 is 11.6 Å². The number of carbonyl (C=O) groups is 1. The lowest BCUT2D eigenvalue weighted by Gasteiger charge is -2.10. The van der Waals surface area contributed by atoms with Gasteiger partial charge in [-0.1, -0.05) is 30.3 Å². The van der Waals surface area contributed by atoms with Crippen LogP contribution >= 0.6 is 0 Å². The molecule has 0 unspecified atom stereocenters. The minimum atomic E-state index is -0.283. The first-order valence-corrected chi connectivity index (χ1v) is 9.36. The summed E-state index contributed by atoms with van der Waals surface area (Å²) in [4.78, 5) is 16.5. The van der Waals surface area contributed by atoms with Crippen LogP contribution in [0.1, 0.15) is 21.5 Å². The summed E-state index contributed by atoms with van der Waals surface area (Å²) in [7, 11) is 0. The number of hydrogen-bond donors (Lipinski definition) is 1. The van der Waals surface area contributed by atoms with Gasteiger partial charge in [-0.3, -0.25) is 4.79 Å². The second kappa shape index (κ2) is 9.00. The maximum absolute atomic E-state index is 13.0. The third-order valence-electron chi connectivity index (χ3n) is 4.44. The highest BCUT2D eigenvalue weighted by molar-refractivity contribution is 6.04. The smallest absolute Gasteiger partial charge is 0.255 e. The molecule has 0 aliphatic rings. The summed E-state index contributed by atoms with van der Waals surface area (Å²) in [5, 5.41) is 6.94. The Kier molecular flexibility index (Phi) is 5.80. The Balaban J connectivity index is 1.35. The van der Waals surface area contributed by atoms with Crippen molar-refractivity contribution in [1.29, 1.82) is 0 Å². The monoisotopic (exact) mass is 402 g/mol. The number of hydrogen-bond acceptors (Lipinski definition) is 4. The van der Waals surface area contributed by atoms with Gasteiger partial charge < -0.3 is 10.1 Å². The highest BCUT2D eigenvalue weighted by Gasteiger charge is 2.07. The summed E-state index contributed by atoms with van der Waals surface area (Å²) in [6.07, 6.45) is 3.13. The Labute approximate surface area is 173 Å². The zero-order chi connectivity index (χ0) is 20.8. The third kappa shape index (κ3) is 5.08. The van der Waals surface area contributed by atoms with Crippen molar-refractivity contribution < 1.29 is 13.9 Å². The number of nitrogens with one attached hydrogen (secondary N) is 1. The van der Waals surface area contributed by atoms with Crippen LogP contribution in [-0.2, 0) is 13.2 Å². The van der Waals surface area contributed by atoms with Crippen molar-refractivity contribution in [2.24, 2.45) is 0 Å². The van der Waals surface area contributed by atoms with E-state index < -0.39 is 0 Å². The van der Waals surface area contributed by atoms with Crippen molar-refractivity contribution in [3.05, 3.63) is 108 Å². The molecule has 0 atom stereocenters. The number of amides is 1. The van der Waals surface area contributed by atoms with E-state index in [-0.39, 0.29) is 11.7 Å². The highest BCUT2D eigenvalue weighted by Crippen LogP contribution is 2.20. The molecule has 3 aromatic carbocycles. The van der Waals surface area contributed by atoms with Crippen LogP contribution < -0.4 is 10.1 Å². The number of nitrogens with zero attached hydrogens (tertiary/aromatic N) is 3. The van der Waals surface area contributed by atoms with Crippen molar-refractivity contribution in [2.45, 2.75) is 13.2 Å². The molecule has 0 saturated heterocycles. The number of ether oxygens (including phenoxy) is 1. The number of anilines is 1. The van der Waals surface area contributed by atoms with E-state index in [0.29, 0.717) is 30.2 Å². The number of benzene rings is 3. The molecule has 7 heteroatoms. The molecule has 30 heavy (non-hydrogen) atoms. The highest BCUT2D eigenvalue weighted by atomic mass is 19.1. The predicted molar refractivity (Wildman–Crippen MR) is 111 cm³/mol. The zero-order valence-corrected chi connectivity index (χ0v) is 16.0. The zero-order valence-electron chi connectivity index (χ0n) is 16.0. The average Bonchev–Trinajstić information content (AvgIpc) is 3.27. The van der Waals surface area contributed by atoms with E-state index >= 15 is 0 Å². The molecular formula is C23H19FN4O2. The molecule has 1 amide bonds. The molecule has 1 aromatic heterocycles. The largest absolute Gasteiger partial charge is 0.489 e. The van der Waals surface area contributed by atoms with E-state index in [1.165, 1.54) is 18.5 Å². The van der Waals surface area contributed by atoms with Crippen LogP contribution in [0.4, 0.5) is 10.1 Å². The van der Waals surface area contributed by atoms with E-state index in [2.05, 4.69) is 15.4 Å². The van der Waals surface area contributed by atoms with Crippen LogP contribution in [0.15, 0.2) is 85.5 Å². The Morgan fingerprint density at radius 3 is 2.50 bits per heavy atom. The maximum atomic E-state index is 13.0. The van der Waals surface area contributed by atoms with Gasteiger partial charge in [0.15, 0.2) is 0 Å². The molecule has 1 N–H and O–H groups in total. The minimum Gasteiger partial charge on any atom is -0.489 e. The van der Waals surface area contributed by atoms with E-state index in [0.717, 1.165) is 11.1 Å². The lowest BCUT2D eigenvalue weighted by molar-refractivity contribution is 0.102. The van der Waals surface area contributed by atoms with Crippen molar-refractivity contribution in [3.8, 4) is 5.75 Å². The van der Waals surface area contributed by atoms with E-state index in [1.807, 2.05) is 12.1 Å². The molecule has 1 heterocycles. The second-order valence-corrected chi connectivity index (χ2v) is 6.69. The standard InChI is InChI=1S/C23H19FN4O2/c24-20-10-6-18(7-11-20)14-30-22-3-1-2-21(12-22)27-23(29)19-8-4-17(5-9-19)13-28-16-25-15-26-28/h1-12,15-16H,13-14H2,(H,27,29). The van der Waals surface area contributed by atoms with Crippen molar-refractivity contribution in [2.75, 3.05) is 5.32 Å². The first-order chi connectivity index (χ1) is 14.7. The number of rotatable bonds is 7. The van der Waals surface area contributed by atoms with Gasteiger partial charge in [0.05, 0.1) is 6.54 Å². The molecule has 0 radical (unpaired) electrons. The molecular weight excluding hydrogens is 383 g/mol. The fourth-order valence-electron chi connectivity index (χ4n) is 2.88. The second-order valence-electron chi connectivity index (χ2n) is 6.69. The minimum absolute atomic E-state index is 0.210. The van der Waals surface area contributed by atoms with Gasteiger partial charge in [0, 0.05) is 17.3 Å². The van der Waals surface area contributed by atoms with E-state index in [1.54, 1.807) is 59.5 Å². The predicted octanol–water partition coefficient (Wildman–Crippen LogP) is 4.30. The molecule has 0 saturated carbocycles. The summed E-state index contributed by atoms with van der Waals surface area (Å²) in [5.74, 6) is 0.119. The van der Waals surface area contributed by atoms with Crippen molar-refractivity contribution in [1.82, 2.24) is 14.8 Å². The fraction of sp³-hybridized carbons (Fsp3) is 0.0870. The van der Waals surface area contributed by atoms with Gasteiger partial charge in [0.2, 0.25) is 0 Å². The van der Waals surface area contributed by atoms with Crippen LogP contribution in [0.3, 0.4) is 0 Å². The Bertz CT molecular complexity index is 1110.